The van der Waals surface area contributed by atoms with Crippen LogP contribution in [-0.2, 0) is 4.79 Å². The Morgan fingerprint density at radius 3 is 3.00 bits per heavy atom. The van der Waals surface area contributed by atoms with Gasteiger partial charge in [0.05, 0.1) is 0 Å². The molecule has 1 aliphatic carbocycles. The highest BCUT2D eigenvalue weighted by Crippen LogP contribution is 2.25. The zero-order chi connectivity index (χ0) is 19.9. The Hall–Kier alpha value is -2.70. The molecule has 7 heteroatoms. The molecule has 1 fully saturated rings. The fraction of sp³-hybridized carbons (Fsp3) is 0.545. The Balaban J connectivity index is 1.35. The Labute approximate surface area is 172 Å². The number of carbonyl (C=O) groups is 1. The topological polar surface area (TPSA) is 75.9 Å². The molecule has 2 aromatic rings. The third kappa shape index (κ3) is 5.22. The number of nitrogens with zero attached hydrogens (tertiary/aromatic N) is 5. The summed E-state index contributed by atoms with van der Waals surface area (Å²) < 4.78 is 1.80. The SMILES string of the molecule is O=C(CC1CCCCN1c1ccnc(-n2ccnc2)n1)NCCC1=CCCCC1. The lowest BCUT2D eigenvalue weighted by atomic mass is 9.97. The van der Waals surface area contributed by atoms with Crippen molar-refractivity contribution in [3.8, 4) is 5.95 Å². The van der Waals surface area contributed by atoms with Crippen LogP contribution in [0.1, 0.15) is 57.8 Å². The zero-order valence-electron chi connectivity index (χ0n) is 17.0. The van der Waals surface area contributed by atoms with Crippen molar-refractivity contribution in [2.75, 3.05) is 18.0 Å². The molecule has 0 aromatic carbocycles. The van der Waals surface area contributed by atoms with Crippen molar-refractivity contribution in [2.45, 2.75) is 63.8 Å². The second-order valence-electron chi connectivity index (χ2n) is 7.94. The minimum absolute atomic E-state index is 0.141. The van der Waals surface area contributed by atoms with Crippen LogP contribution in [0.4, 0.5) is 5.82 Å². The summed E-state index contributed by atoms with van der Waals surface area (Å²) in [5.74, 6) is 1.63. The van der Waals surface area contributed by atoms with Gasteiger partial charge in [0.15, 0.2) is 0 Å². The number of nitrogens with one attached hydrogen (secondary N) is 1. The molecule has 0 saturated carbocycles. The monoisotopic (exact) mass is 394 g/mol. The van der Waals surface area contributed by atoms with E-state index in [1.54, 1.807) is 23.3 Å². The number of allylic oxidation sites excluding steroid dienone is 1. The number of hydrogen-bond donors (Lipinski definition) is 1. The zero-order valence-corrected chi connectivity index (χ0v) is 17.0. The highest BCUT2D eigenvalue weighted by molar-refractivity contribution is 5.77. The fourth-order valence-corrected chi connectivity index (χ4v) is 4.30. The van der Waals surface area contributed by atoms with Gasteiger partial charge in [0, 0.05) is 44.1 Å². The normalized spacial score (nSPS) is 19.7. The molecule has 2 aromatic heterocycles. The van der Waals surface area contributed by atoms with Crippen LogP contribution < -0.4 is 10.2 Å². The fourth-order valence-electron chi connectivity index (χ4n) is 4.30. The van der Waals surface area contributed by atoms with Crippen molar-refractivity contribution in [2.24, 2.45) is 0 Å². The molecule has 0 spiro atoms. The number of rotatable bonds is 7. The first-order chi connectivity index (χ1) is 14.3. The molecule has 0 radical (unpaired) electrons. The van der Waals surface area contributed by atoms with Gasteiger partial charge < -0.3 is 10.2 Å². The molecule has 1 atom stereocenters. The van der Waals surface area contributed by atoms with Crippen LogP contribution in [0, 0.1) is 0 Å². The van der Waals surface area contributed by atoms with Gasteiger partial charge in [-0.15, -0.1) is 0 Å². The van der Waals surface area contributed by atoms with Gasteiger partial charge in [-0.05, 0) is 57.4 Å². The van der Waals surface area contributed by atoms with Crippen molar-refractivity contribution in [3.05, 3.63) is 42.6 Å². The lowest BCUT2D eigenvalue weighted by Gasteiger charge is -2.36. The summed E-state index contributed by atoms with van der Waals surface area (Å²) in [6.45, 7) is 1.67. The first-order valence-electron chi connectivity index (χ1n) is 10.8. The highest BCUT2D eigenvalue weighted by atomic mass is 16.1. The molecule has 29 heavy (non-hydrogen) atoms. The Bertz CT molecular complexity index is 832. The first-order valence-corrected chi connectivity index (χ1v) is 10.8. The summed E-state index contributed by atoms with van der Waals surface area (Å²) in [6, 6.07) is 2.12. The number of carbonyl (C=O) groups excluding carboxylic acids is 1. The van der Waals surface area contributed by atoms with Crippen LogP contribution in [0.2, 0.25) is 0 Å². The largest absolute Gasteiger partial charge is 0.356 e. The molecular weight excluding hydrogens is 364 g/mol. The molecule has 1 amide bonds. The van der Waals surface area contributed by atoms with Crippen LogP contribution >= 0.6 is 0 Å². The maximum absolute atomic E-state index is 12.6. The van der Waals surface area contributed by atoms with Crippen LogP contribution in [0.3, 0.4) is 0 Å². The minimum atomic E-state index is 0.141. The van der Waals surface area contributed by atoms with Gasteiger partial charge in [0.1, 0.15) is 12.1 Å². The molecule has 4 rings (SSSR count). The molecule has 3 heterocycles. The summed E-state index contributed by atoms with van der Waals surface area (Å²) in [4.78, 5) is 28.0. The van der Waals surface area contributed by atoms with Gasteiger partial charge in [0.2, 0.25) is 11.9 Å². The van der Waals surface area contributed by atoms with E-state index in [0.717, 1.165) is 44.6 Å². The summed E-state index contributed by atoms with van der Waals surface area (Å²) in [5, 5.41) is 3.13. The molecule has 1 unspecified atom stereocenters. The average molecular weight is 395 g/mol. The second-order valence-corrected chi connectivity index (χ2v) is 7.94. The number of anilines is 1. The minimum Gasteiger partial charge on any atom is -0.356 e. The molecule has 1 saturated heterocycles. The highest BCUT2D eigenvalue weighted by Gasteiger charge is 2.26. The predicted molar refractivity (Wildman–Crippen MR) is 113 cm³/mol. The smallest absolute Gasteiger partial charge is 0.236 e. The van der Waals surface area contributed by atoms with Crippen LogP contribution in [0.5, 0.6) is 0 Å². The Kier molecular flexibility index (Phi) is 6.54. The van der Waals surface area contributed by atoms with Gasteiger partial charge in [-0.2, -0.15) is 4.98 Å². The summed E-state index contributed by atoms with van der Waals surface area (Å²) in [6.07, 6.45) is 19.2. The Morgan fingerprint density at radius 2 is 2.17 bits per heavy atom. The van der Waals surface area contributed by atoms with E-state index in [4.69, 9.17) is 4.98 Å². The van der Waals surface area contributed by atoms with E-state index in [9.17, 15) is 4.79 Å². The molecule has 2 aliphatic rings. The van der Waals surface area contributed by atoms with E-state index < -0.39 is 0 Å². The van der Waals surface area contributed by atoms with Crippen LogP contribution in [0.25, 0.3) is 5.95 Å². The van der Waals surface area contributed by atoms with E-state index in [1.807, 2.05) is 12.3 Å². The van der Waals surface area contributed by atoms with Gasteiger partial charge in [-0.25, -0.2) is 9.97 Å². The average Bonchev–Trinajstić information content (AvgIpc) is 3.30. The molecule has 1 aliphatic heterocycles. The van der Waals surface area contributed by atoms with Crippen molar-refractivity contribution in [1.82, 2.24) is 24.8 Å². The van der Waals surface area contributed by atoms with Crippen molar-refractivity contribution >= 4 is 11.7 Å². The van der Waals surface area contributed by atoms with Crippen molar-refractivity contribution < 1.29 is 4.79 Å². The Morgan fingerprint density at radius 1 is 1.21 bits per heavy atom. The van der Waals surface area contributed by atoms with Gasteiger partial charge >= 0.3 is 0 Å². The second kappa shape index (κ2) is 9.67. The predicted octanol–water partition coefficient (Wildman–Crippen LogP) is 3.42. The number of aromatic nitrogens is 4. The lowest BCUT2D eigenvalue weighted by Crippen LogP contribution is -2.43. The first kappa shape index (κ1) is 19.6. The molecular formula is C22H30N6O. The number of imidazole rings is 1. The molecule has 1 N–H and O–H groups in total. The van der Waals surface area contributed by atoms with Crippen molar-refractivity contribution in [3.63, 3.8) is 0 Å². The lowest BCUT2D eigenvalue weighted by molar-refractivity contribution is -0.121. The summed E-state index contributed by atoms with van der Waals surface area (Å²) >= 11 is 0. The van der Waals surface area contributed by atoms with E-state index in [-0.39, 0.29) is 11.9 Å². The standard InChI is InChI=1S/C22H30N6O/c29-21(24-11-9-18-6-2-1-3-7-18)16-19-8-4-5-14-28(19)20-10-12-25-22(26-20)27-15-13-23-17-27/h6,10,12-13,15,17,19H,1-5,7-9,11,14,16H2,(H,24,29). The number of amides is 1. The maximum atomic E-state index is 12.6. The third-order valence-electron chi connectivity index (χ3n) is 5.86. The molecule has 0 bridgehead atoms. The molecule has 154 valence electrons. The third-order valence-corrected chi connectivity index (χ3v) is 5.86. The number of piperidine rings is 1. The van der Waals surface area contributed by atoms with E-state index in [1.165, 1.54) is 31.3 Å². The van der Waals surface area contributed by atoms with E-state index in [0.29, 0.717) is 12.4 Å². The number of hydrogen-bond acceptors (Lipinski definition) is 5. The quantitative estimate of drug-likeness (QED) is 0.728. The van der Waals surface area contributed by atoms with E-state index in [2.05, 4.69) is 26.3 Å². The molecule has 7 nitrogen and oxygen atoms in total. The van der Waals surface area contributed by atoms with Gasteiger partial charge in [0.25, 0.3) is 0 Å². The van der Waals surface area contributed by atoms with Gasteiger partial charge in [-0.1, -0.05) is 11.6 Å². The van der Waals surface area contributed by atoms with Gasteiger partial charge in [-0.3, -0.25) is 9.36 Å². The maximum Gasteiger partial charge on any atom is 0.236 e. The van der Waals surface area contributed by atoms with Crippen LogP contribution in [0.15, 0.2) is 42.6 Å². The summed E-state index contributed by atoms with van der Waals surface area (Å²) in [5.41, 5.74) is 1.50. The summed E-state index contributed by atoms with van der Waals surface area (Å²) in [7, 11) is 0. The van der Waals surface area contributed by atoms with Crippen LogP contribution in [-0.4, -0.2) is 44.6 Å². The van der Waals surface area contributed by atoms with E-state index >= 15 is 0 Å². The van der Waals surface area contributed by atoms with Crippen molar-refractivity contribution in [1.29, 1.82) is 0 Å².